The third kappa shape index (κ3) is 2.86. The second-order valence-corrected chi connectivity index (χ2v) is 5.28. The van der Waals surface area contributed by atoms with Gasteiger partial charge in [0.25, 0.3) is 0 Å². The van der Waals surface area contributed by atoms with Crippen molar-refractivity contribution in [3.05, 3.63) is 35.9 Å². The highest BCUT2D eigenvalue weighted by Crippen LogP contribution is 2.35. The van der Waals surface area contributed by atoms with Gasteiger partial charge in [-0.1, -0.05) is 37.3 Å². The highest BCUT2D eigenvalue weighted by Gasteiger charge is 2.40. The summed E-state index contributed by atoms with van der Waals surface area (Å²) >= 11 is 0. The second kappa shape index (κ2) is 4.49. The van der Waals surface area contributed by atoms with Crippen LogP contribution in [0.25, 0.3) is 0 Å². The smallest absolute Gasteiger partial charge is 0.225 e. The molecule has 1 saturated carbocycles. The molecule has 3 heteroatoms. The molecule has 1 aliphatic carbocycles. The minimum Gasteiger partial charge on any atom is -0.351 e. The first-order valence-electron chi connectivity index (χ1n) is 6.14. The molecule has 2 unspecified atom stereocenters. The summed E-state index contributed by atoms with van der Waals surface area (Å²) in [7, 11) is 0. The van der Waals surface area contributed by atoms with E-state index >= 15 is 0 Å². The lowest BCUT2D eigenvalue weighted by atomic mass is 9.94. The Labute approximate surface area is 102 Å². The number of carbonyl (C=O) groups excluding carboxylic acids is 1. The van der Waals surface area contributed by atoms with Crippen LogP contribution in [0.1, 0.15) is 38.3 Å². The van der Waals surface area contributed by atoms with Gasteiger partial charge in [-0.05, 0) is 25.3 Å². The third-order valence-corrected chi connectivity index (χ3v) is 3.56. The molecule has 92 valence electrons. The van der Waals surface area contributed by atoms with E-state index in [0.29, 0.717) is 0 Å². The summed E-state index contributed by atoms with van der Waals surface area (Å²) in [5.41, 5.74) is 7.16. The monoisotopic (exact) mass is 232 g/mol. The average Bonchev–Trinajstić information content (AvgIpc) is 3.06. The maximum atomic E-state index is 12.0. The Morgan fingerprint density at radius 1 is 1.35 bits per heavy atom. The van der Waals surface area contributed by atoms with Crippen LogP contribution in [0, 0.1) is 5.92 Å². The zero-order valence-corrected chi connectivity index (χ0v) is 10.4. The van der Waals surface area contributed by atoms with Crippen LogP contribution in [-0.2, 0) is 4.79 Å². The maximum Gasteiger partial charge on any atom is 0.225 e. The summed E-state index contributed by atoms with van der Waals surface area (Å²) in [6.45, 7) is 3.96. The average molecular weight is 232 g/mol. The lowest BCUT2D eigenvalue weighted by Crippen LogP contribution is -2.41. The van der Waals surface area contributed by atoms with E-state index in [1.165, 1.54) is 0 Å². The van der Waals surface area contributed by atoms with Crippen LogP contribution >= 0.6 is 0 Å². The first kappa shape index (κ1) is 12.1. The van der Waals surface area contributed by atoms with Crippen LogP contribution in [0.4, 0.5) is 0 Å². The van der Waals surface area contributed by atoms with E-state index in [-0.39, 0.29) is 23.4 Å². The quantitative estimate of drug-likeness (QED) is 0.834. The van der Waals surface area contributed by atoms with Crippen molar-refractivity contribution in [3.63, 3.8) is 0 Å². The maximum absolute atomic E-state index is 12.0. The molecular formula is C14H20N2O. The van der Waals surface area contributed by atoms with Crippen LogP contribution in [0.3, 0.4) is 0 Å². The Morgan fingerprint density at radius 3 is 2.47 bits per heavy atom. The molecule has 1 aromatic rings. The summed E-state index contributed by atoms with van der Waals surface area (Å²) in [6.07, 6.45) is 2.15. The Morgan fingerprint density at radius 2 is 1.94 bits per heavy atom. The predicted octanol–water partition coefficient (Wildman–Crippen LogP) is 1.99. The SMILES string of the molecule is CC(C(=O)NC1(C)CC1)C(N)c1ccccc1. The van der Waals surface area contributed by atoms with Crippen molar-refractivity contribution in [2.45, 2.75) is 38.3 Å². The molecule has 1 aliphatic rings. The van der Waals surface area contributed by atoms with Gasteiger partial charge in [0.1, 0.15) is 0 Å². The fraction of sp³-hybridized carbons (Fsp3) is 0.500. The fourth-order valence-corrected chi connectivity index (χ4v) is 1.85. The van der Waals surface area contributed by atoms with E-state index in [2.05, 4.69) is 12.2 Å². The van der Waals surface area contributed by atoms with Gasteiger partial charge < -0.3 is 11.1 Å². The second-order valence-electron chi connectivity index (χ2n) is 5.28. The lowest BCUT2D eigenvalue weighted by molar-refractivity contribution is -0.126. The van der Waals surface area contributed by atoms with Crippen molar-refractivity contribution in [2.24, 2.45) is 11.7 Å². The Hall–Kier alpha value is -1.35. The predicted molar refractivity (Wildman–Crippen MR) is 68.3 cm³/mol. The van der Waals surface area contributed by atoms with Crippen molar-refractivity contribution in [2.75, 3.05) is 0 Å². The number of amides is 1. The van der Waals surface area contributed by atoms with Crippen molar-refractivity contribution in [1.29, 1.82) is 0 Å². The number of nitrogens with one attached hydrogen (secondary N) is 1. The normalized spacial score (nSPS) is 20.4. The zero-order chi connectivity index (χ0) is 12.5. The lowest BCUT2D eigenvalue weighted by Gasteiger charge is -2.22. The van der Waals surface area contributed by atoms with E-state index in [0.717, 1.165) is 18.4 Å². The van der Waals surface area contributed by atoms with Crippen molar-refractivity contribution < 1.29 is 4.79 Å². The van der Waals surface area contributed by atoms with Gasteiger partial charge in [-0.25, -0.2) is 0 Å². The highest BCUT2D eigenvalue weighted by atomic mass is 16.2. The van der Waals surface area contributed by atoms with Gasteiger partial charge in [-0.15, -0.1) is 0 Å². The number of hydrogen-bond donors (Lipinski definition) is 2. The van der Waals surface area contributed by atoms with Crippen LogP contribution in [0.5, 0.6) is 0 Å². The summed E-state index contributed by atoms with van der Waals surface area (Å²) < 4.78 is 0. The van der Waals surface area contributed by atoms with E-state index in [1.807, 2.05) is 37.3 Å². The minimum atomic E-state index is -0.237. The molecule has 1 fully saturated rings. The van der Waals surface area contributed by atoms with Gasteiger partial charge in [0, 0.05) is 11.6 Å². The van der Waals surface area contributed by atoms with E-state index in [4.69, 9.17) is 5.73 Å². The van der Waals surface area contributed by atoms with Crippen LogP contribution in [0.2, 0.25) is 0 Å². The van der Waals surface area contributed by atoms with Gasteiger partial charge in [0.2, 0.25) is 5.91 Å². The topological polar surface area (TPSA) is 55.1 Å². The largest absolute Gasteiger partial charge is 0.351 e. The highest BCUT2D eigenvalue weighted by molar-refractivity contribution is 5.80. The molecule has 2 atom stereocenters. The molecule has 0 saturated heterocycles. The third-order valence-electron chi connectivity index (χ3n) is 3.56. The molecule has 1 amide bonds. The minimum absolute atomic E-state index is 0.0295. The number of carbonyl (C=O) groups is 1. The first-order chi connectivity index (χ1) is 8.02. The number of nitrogens with two attached hydrogens (primary N) is 1. The van der Waals surface area contributed by atoms with Gasteiger partial charge in [0.15, 0.2) is 0 Å². The number of benzene rings is 1. The molecule has 17 heavy (non-hydrogen) atoms. The Bertz CT molecular complexity index is 398. The fourth-order valence-electron chi connectivity index (χ4n) is 1.85. The molecule has 0 aromatic heterocycles. The Balaban J connectivity index is 1.99. The van der Waals surface area contributed by atoms with Crippen molar-refractivity contribution in [1.82, 2.24) is 5.32 Å². The van der Waals surface area contributed by atoms with Gasteiger partial charge in [0.05, 0.1) is 5.92 Å². The van der Waals surface area contributed by atoms with Crippen molar-refractivity contribution >= 4 is 5.91 Å². The van der Waals surface area contributed by atoms with Crippen LogP contribution < -0.4 is 11.1 Å². The molecule has 0 radical (unpaired) electrons. The molecule has 3 nitrogen and oxygen atoms in total. The number of rotatable bonds is 4. The summed E-state index contributed by atoms with van der Waals surface area (Å²) in [6, 6.07) is 9.54. The molecular weight excluding hydrogens is 212 g/mol. The molecule has 0 bridgehead atoms. The standard InChI is InChI=1S/C14H20N2O/c1-10(13(17)16-14(2)8-9-14)12(15)11-6-4-3-5-7-11/h3-7,10,12H,8-9,15H2,1-2H3,(H,16,17). The molecule has 2 rings (SSSR count). The Kier molecular flexibility index (Phi) is 3.20. The molecule has 0 aliphatic heterocycles. The van der Waals surface area contributed by atoms with E-state index in [9.17, 15) is 4.79 Å². The summed E-state index contributed by atoms with van der Waals surface area (Å²) in [5.74, 6) is -0.142. The van der Waals surface area contributed by atoms with E-state index < -0.39 is 0 Å². The summed E-state index contributed by atoms with van der Waals surface area (Å²) in [5, 5.41) is 3.06. The molecule has 0 spiro atoms. The molecule has 3 N–H and O–H groups in total. The van der Waals surface area contributed by atoms with Crippen LogP contribution in [0.15, 0.2) is 30.3 Å². The van der Waals surface area contributed by atoms with Gasteiger partial charge >= 0.3 is 0 Å². The van der Waals surface area contributed by atoms with Crippen molar-refractivity contribution in [3.8, 4) is 0 Å². The molecule has 1 aromatic carbocycles. The van der Waals surface area contributed by atoms with Gasteiger partial charge in [-0.2, -0.15) is 0 Å². The molecule has 0 heterocycles. The number of hydrogen-bond acceptors (Lipinski definition) is 2. The first-order valence-corrected chi connectivity index (χ1v) is 6.14. The van der Waals surface area contributed by atoms with Crippen LogP contribution in [-0.4, -0.2) is 11.4 Å². The van der Waals surface area contributed by atoms with Gasteiger partial charge in [-0.3, -0.25) is 4.79 Å². The summed E-state index contributed by atoms with van der Waals surface area (Å²) in [4.78, 5) is 12.0. The zero-order valence-electron chi connectivity index (χ0n) is 10.4. The van der Waals surface area contributed by atoms with E-state index in [1.54, 1.807) is 0 Å².